The quantitative estimate of drug-likeness (QED) is 0.289. The molecule has 7 nitrogen and oxygen atoms in total. The van der Waals surface area contributed by atoms with Crippen LogP contribution in [0.4, 0.5) is 5.13 Å². The first-order chi connectivity index (χ1) is 15.6. The minimum Gasteiger partial charge on any atom is -0.497 e. The maximum Gasteiger partial charge on any atom is 0.457 e. The lowest BCUT2D eigenvalue weighted by atomic mass is 10.2. The van der Waals surface area contributed by atoms with Crippen LogP contribution in [-0.2, 0) is 4.57 Å². The number of aromatic nitrogens is 2. The molecule has 1 aromatic heterocycles. The smallest absolute Gasteiger partial charge is 0.457 e. The first-order valence-electron chi connectivity index (χ1n) is 9.85. The number of methoxy groups -OCH3 is 1. The number of hydrogen-bond acceptors (Lipinski definition) is 8. The molecule has 4 aromatic rings. The minimum atomic E-state index is -3.89. The summed E-state index contributed by atoms with van der Waals surface area (Å²) in [6, 6.07) is 25.1. The molecule has 0 aliphatic heterocycles. The van der Waals surface area contributed by atoms with Crippen LogP contribution in [0.3, 0.4) is 0 Å². The summed E-state index contributed by atoms with van der Waals surface area (Å²) in [5.74, 6) is 0.684. The molecule has 0 aliphatic carbocycles. The monoisotopic (exact) mass is 467 g/mol. The van der Waals surface area contributed by atoms with E-state index in [0.717, 1.165) is 5.01 Å². The van der Waals surface area contributed by atoms with Gasteiger partial charge in [0.2, 0.25) is 5.13 Å². The minimum absolute atomic E-state index is 0.431. The third-order valence-corrected chi connectivity index (χ3v) is 7.25. The number of hydrogen-bond donors (Lipinski definition) is 1. The molecule has 0 saturated heterocycles. The Balaban J connectivity index is 1.78. The van der Waals surface area contributed by atoms with Gasteiger partial charge in [-0.25, -0.2) is 4.57 Å². The number of aryl methyl sites for hydroxylation is 1. The van der Waals surface area contributed by atoms with Crippen LogP contribution in [0.25, 0.3) is 0 Å². The average Bonchev–Trinajstić information content (AvgIpc) is 3.23. The number of anilines is 1. The second-order valence-corrected chi connectivity index (χ2v) is 9.94. The molecule has 9 heteroatoms. The first kappa shape index (κ1) is 21.9. The lowest BCUT2D eigenvalue weighted by Gasteiger charge is -2.28. The van der Waals surface area contributed by atoms with Crippen molar-refractivity contribution in [3.05, 3.63) is 95.5 Å². The molecule has 0 aliphatic rings. The third kappa shape index (κ3) is 5.28. The largest absolute Gasteiger partial charge is 0.497 e. The fourth-order valence-electron chi connectivity index (χ4n) is 2.98. The number of rotatable bonds is 9. The Labute approximate surface area is 190 Å². The second-order valence-electron chi connectivity index (χ2n) is 6.79. The zero-order chi connectivity index (χ0) is 22.4. The molecule has 0 amide bonds. The average molecular weight is 467 g/mol. The maximum atomic E-state index is 14.4. The molecule has 1 heterocycles. The molecule has 32 heavy (non-hydrogen) atoms. The predicted molar refractivity (Wildman–Crippen MR) is 126 cm³/mol. The zero-order valence-electron chi connectivity index (χ0n) is 17.5. The number of nitrogens with one attached hydrogen (secondary N) is 1. The lowest BCUT2D eigenvalue weighted by Crippen LogP contribution is -2.18. The van der Waals surface area contributed by atoms with E-state index in [1.54, 1.807) is 43.5 Å². The Morgan fingerprint density at radius 3 is 1.84 bits per heavy atom. The van der Waals surface area contributed by atoms with E-state index in [1.165, 1.54) is 11.3 Å². The van der Waals surface area contributed by atoms with E-state index < -0.39 is 13.4 Å². The molecule has 0 fully saturated rings. The topological polar surface area (TPSA) is 82.6 Å². The summed E-state index contributed by atoms with van der Waals surface area (Å²) in [5.41, 5.74) is 0.689. The fraction of sp³-hybridized carbons (Fsp3) is 0.130. The van der Waals surface area contributed by atoms with E-state index in [2.05, 4.69) is 15.5 Å². The van der Waals surface area contributed by atoms with E-state index in [-0.39, 0.29) is 0 Å². The van der Waals surface area contributed by atoms with E-state index in [4.69, 9.17) is 13.8 Å². The van der Waals surface area contributed by atoms with Gasteiger partial charge >= 0.3 is 7.60 Å². The SMILES string of the molecule is COc1ccc([C@H](Nc2nnc(C)s2)P(=O)(Oc2ccccc2)Oc2ccccc2)cc1. The standard InChI is InChI=1S/C23H22N3O4PS/c1-17-25-26-23(32-17)24-22(18-13-15-19(28-2)16-14-18)31(27,29-20-9-5-3-6-10-20)30-21-11-7-4-8-12-21/h3-16,22H,1-2H3,(H,24,26)/t22-/m1/s1. The van der Waals surface area contributed by atoms with Crippen molar-refractivity contribution in [2.24, 2.45) is 0 Å². The Morgan fingerprint density at radius 2 is 1.38 bits per heavy atom. The summed E-state index contributed by atoms with van der Waals surface area (Å²) >= 11 is 1.36. The van der Waals surface area contributed by atoms with Crippen LogP contribution in [0.2, 0.25) is 0 Å². The molecule has 164 valence electrons. The summed E-state index contributed by atoms with van der Waals surface area (Å²) in [4.78, 5) is 0. The molecule has 1 N–H and O–H groups in total. The summed E-state index contributed by atoms with van der Waals surface area (Å²) in [5, 5.41) is 12.7. The van der Waals surface area contributed by atoms with E-state index in [0.29, 0.717) is 27.9 Å². The first-order valence-corrected chi connectivity index (χ1v) is 12.3. The number of ether oxygens (including phenoxy) is 1. The number of para-hydroxylation sites is 2. The Kier molecular flexibility index (Phi) is 6.73. The molecular weight excluding hydrogens is 445 g/mol. The zero-order valence-corrected chi connectivity index (χ0v) is 19.3. The van der Waals surface area contributed by atoms with Crippen molar-refractivity contribution >= 4 is 24.1 Å². The second kappa shape index (κ2) is 9.85. The van der Waals surface area contributed by atoms with Crippen LogP contribution in [0.5, 0.6) is 17.2 Å². The molecule has 4 rings (SSSR count). The van der Waals surface area contributed by atoms with Crippen molar-refractivity contribution in [3.63, 3.8) is 0 Å². The van der Waals surface area contributed by atoms with E-state index >= 15 is 0 Å². The summed E-state index contributed by atoms with van der Waals surface area (Å²) < 4.78 is 31.8. The number of nitrogens with zero attached hydrogens (tertiary/aromatic N) is 2. The molecule has 0 bridgehead atoms. The normalized spacial score (nSPS) is 12.1. The fourth-order valence-corrected chi connectivity index (χ4v) is 5.59. The predicted octanol–water partition coefficient (Wildman–Crippen LogP) is 6.32. The molecule has 1 atom stereocenters. The Hall–Kier alpha value is -3.35. The van der Waals surface area contributed by atoms with Crippen molar-refractivity contribution in [1.29, 1.82) is 0 Å². The van der Waals surface area contributed by atoms with Gasteiger partial charge in [-0.1, -0.05) is 59.9 Å². The molecular formula is C23H22N3O4PS. The molecule has 0 saturated carbocycles. The van der Waals surface area contributed by atoms with Crippen molar-refractivity contribution in [2.75, 3.05) is 12.4 Å². The van der Waals surface area contributed by atoms with Crippen LogP contribution in [0.1, 0.15) is 16.4 Å². The number of benzene rings is 3. The Morgan fingerprint density at radius 1 is 0.812 bits per heavy atom. The molecule has 3 aromatic carbocycles. The highest BCUT2D eigenvalue weighted by molar-refractivity contribution is 7.55. The lowest BCUT2D eigenvalue weighted by molar-refractivity contribution is 0.376. The van der Waals surface area contributed by atoms with Gasteiger partial charge in [0, 0.05) is 0 Å². The summed E-state index contributed by atoms with van der Waals surface area (Å²) in [7, 11) is -2.29. The van der Waals surface area contributed by atoms with Gasteiger partial charge in [-0.15, -0.1) is 10.2 Å². The van der Waals surface area contributed by atoms with Gasteiger partial charge in [-0.3, -0.25) is 0 Å². The Bertz CT molecular complexity index is 1140. The third-order valence-electron chi connectivity index (χ3n) is 4.49. The highest BCUT2D eigenvalue weighted by Crippen LogP contribution is 2.60. The van der Waals surface area contributed by atoms with Crippen LogP contribution in [0, 0.1) is 6.92 Å². The van der Waals surface area contributed by atoms with Gasteiger partial charge in [0.1, 0.15) is 22.3 Å². The maximum absolute atomic E-state index is 14.4. The van der Waals surface area contributed by atoms with Gasteiger partial charge in [-0.05, 0) is 48.9 Å². The van der Waals surface area contributed by atoms with Crippen molar-refractivity contribution < 1.29 is 18.3 Å². The van der Waals surface area contributed by atoms with Gasteiger partial charge in [0.05, 0.1) is 7.11 Å². The summed E-state index contributed by atoms with van der Waals surface area (Å²) in [6.07, 6.45) is 0. The molecule has 0 unspecified atom stereocenters. The highest BCUT2D eigenvalue weighted by atomic mass is 32.1. The van der Waals surface area contributed by atoms with Crippen molar-refractivity contribution in [2.45, 2.75) is 12.7 Å². The molecule has 0 spiro atoms. The van der Waals surface area contributed by atoms with Crippen molar-refractivity contribution in [3.8, 4) is 17.2 Å². The van der Waals surface area contributed by atoms with E-state index in [9.17, 15) is 4.57 Å². The van der Waals surface area contributed by atoms with Gasteiger partial charge in [-0.2, -0.15) is 0 Å². The van der Waals surface area contributed by atoms with Gasteiger partial charge in [0.25, 0.3) is 0 Å². The van der Waals surface area contributed by atoms with Crippen molar-refractivity contribution in [1.82, 2.24) is 10.2 Å². The molecule has 0 radical (unpaired) electrons. The van der Waals surface area contributed by atoms with Gasteiger partial charge < -0.3 is 19.1 Å². The van der Waals surface area contributed by atoms with Crippen LogP contribution < -0.4 is 19.1 Å². The van der Waals surface area contributed by atoms with Gasteiger partial charge in [0.15, 0.2) is 5.78 Å². The highest BCUT2D eigenvalue weighted by Gasteiger charge is 2.41. The van der Waals surface area contributed by atoms with Crippen LogP contribution in [0.15, 0.2) is 84.9 Å². The summed E-state index contributed by atoms with van der Waals surface area (Å²) in [6.45, 7) is 1.85. The van der Waals surface area contributed by atoms with E-state index in [1.807, 2.05) is 55.5 Å². The van der Waals surface area contributed by atoms with Crippen LogP contribution in [-0.4, -0.2) is 17.3 Å². The van der Waals surface area contributed by atoms with Crippen LogP contribution >= 0.6 is 18.9 Å².